The molecular formula is C15H13NO2. The van der Waals surface area contributed by atoms with Crippen molar-refractivity contribution in [3.05, 3.63) is 65.5 Å². The Labute approximate surface area is 105 Å². The molecule has 1 heterocycles. The molecule has 0 aliphatic rings. The molecule has 3 heteroatoms. The summed E-state index contributed by atoms with van der Waals surface area (Å²) < 4.78 is 0. The lowest BCUT2D eigenvalue weighted by molar-refractivity contribution is 0.104. The average molecular weight is 239 g/mol. The van der Waals surface area contributed by atoms with Crippen LogP contribution < -0.4 is 0 Å². The van der Waals surface area contributed by atoms with Gasteiger partial charge >= 0.3 is 0 Å². The van der Waals surface area contributed by atoms with Crippen LogP contribution in [0.25, 0.3) is 6.08 Å². The van der Waals surface area contributed by atoms with E-state index in [0.717, 1.165) is 11.3 Å². The molecule has 1 aromatic carbocycles. The summed E-state index contributed by atoms with van der Waals surface area (Å²) in [5.41, 5.74) is 2.08. The predicted octanol–water partition coefficient (Wildman–Crippen LogP) is 2.99. The fourth-order valence-corrected chi connectivity index (χ4v) is 1.65. The highest BCUT2D eigenvalue weighted by Gasteiger charge is 2.06. The Morgan fingerprint density at radius 1 is 1.28 bits per heavy atom. The Bertz CT molecular complexity index is 589. The van der Waals surface area contributed by atoms with Crippen LogP contribution in [0.1, 0.15) is 21.6 Å². The zero-order valence-electron chi connectivity index (χ0n) is 10.00. The summed E-state index contributed by atoms with van der Waals surface area (Å²) in [6.07, 6.45) is 4.84. The number of benzene rings is 1. The van der Waals surface area contributed by atoms with Gasteiger partial charge in [0, 0.05) is 11.8 Å². The monoisotopic (exact) mass is 239 g/mol. The summed E-state index contributed by atoms with van der Waals surface area (Å²) in [5, 5.41) is 9.29. The third-order valence-electron chi connectivity index (χ3n) is 2.57. The summed E-state index contributed by atoms with van der Waals surface area (Å²) in [6, 6.07) is 10.2. The fourth-order valence-electron chi connectivity index (χ4n) is 1.65. The third kappa shape index (κ3) is 2.83. The Morgan fingerprint density at radius 2 is 2.11 bits per heavy atom. The van der Waals surface area contributed by atoms with Gasteiger partial charge in [-0.05, 0) is 55.0 Å². The van der Waals surface area contributed by atoms with E-state index in [1.54, 1.807) is 31.3 Å². The maximum Gasteiger partial charge on any atom is 0.186 e. The topological polar surface area (TPSA) is 50.2 Å². The fraction of sp³-hybridized carbons (Fsp3) is 0.0667. The van der Waals surface area contributed by atoms with Gasteiger partial charge in [-0.1, -0.05) is 6.07 Å². The molecule has 0 saturated carbocycles. The number of nitrogens with zero attached hydrogens (tertiary/aromatic N) is 1. The van der Waals surface area contributed by atoms with E-state index in [1.165, 1.54) is 12.1 Å². The average Bonchev–Trinajstić information content (AvgIpc) is 2.37. The number of ketones is 1. The highest BCUT2D eigenvalue weighted by atomic mass is 16.3. The Balaban J connectivity index is 2.20. The molecule has 0 unspecified atom stereocenters. The molecule has 18 heavy (non-hydrogen) atoms. The predicted molar refractivity (Wildman–Crippen MR) is 70.4 cm³/mol. The van der Waals surface area contributed by atoms with Crippen LogP contribution in [0.4, 0.5) is 0 Å². The molecule has 0 spiro atoms. The molecule has 0 radical (unpaired) electrons. The molecule has 0 atom stereocenters. The van der Waals surface area contributed by atoms with E-state index >= 15 is 0 Å². The van der Waals surface area contributed by atoms with Crippen molar-refractivity contribution in [2.45, 2.75) is 6.92 Å². The molecule has 90 valence electrons. The van der Waals surface area contributed by atoms with Crippen LogP contribution in [0.3, 0.4) is 0 Å². The number of carbonyl (C=O) groups is 1. The molecule has 3 nitrogen and oxygen atoms in total. The Morgan fingerprint density at radius 3 is 2.78 bits per heavy atom. The summed E-state index contributed by atoms with van der Waals surface area (Å²) in [4.78, 5) is 16.1. The number of carbonyl (C=O) groups excluding carboxylic acids is 1. The smallest absolute Gasteiger partial charge is 0.186 e. The number of aryl methyl sites for hydroxylation is 1. The minimum absolute atomic E-state index is 0.0989. The molecule has 0 fully saturated rings. The van der Waals surface area contributed by atoms with Gasteiger partial charge in [0.15, 0.2) is 5.78 Å². The normalized spacial score (nSPS) is 10.7. The van der Waals surface area contributed by atoms with E-state index in [4.69, 9.17) is 0 Å². The van der Waals surface area contributed by atoms with E-state index in [-0.39, 0.29) is 11.5 Å². The zero-order chi connectivity index (χ0) is 13.0. The van der Waals surface area contributed by atoms with Crippen LogP contribution in [0, 0.1) is 6.92 Å². The van der Waals surface area contributed by atoms with E-state index in [2.05, 4.69) is 4.98 Å². The van der Waals surface area contributed by atoms with Crippen LogP contribution in [0.15, 0.2) is 48.7 Å². The first kappa shape index (κ1) is 12.0. The minimum atomic E-state index is -0.0989. The molecule has 1 N–H and O–H groups in total. The van der Waals surface area contributed by atoms with Crippen molar-refractivity contribution in [2.24, 2.45) is 0 Å². The van der Waals surface area contributed by atoms with Crippen LogP contribution in [0.5, 0.6) is 5.75 Å². The molecular weight excluding hydrogens is 226 g/mol. The largest absolute Gasteiger partial charge is 0.508 e. The second-order valence-electron chi connectivity index (χ2n) is 3.95. The maximum absolute atomic E-state index is 12.0. The molecule has 0 saturated heterocycles. The lowest BCUT2D eigenvalue weighted by atomic mass is 10.0. The number of rotatable bonds is 3. The number of phenols is 1. The highest BCUT2D eigenvalue weighted by molar-refractivity contribution is 6.07. The third-order valence-corrected chi connectivity index (χ3v) is 2.57. The van der Waals surface area contributed by atoms with Crippen LogP contribution in [-0.4, -0.2) is 15.9 Å². The van der Waals surface area contributed by atoms with Crippen molar-refractivity contribution < 1.29 is 9.90 Å². The van der Waals surface area contributed by atoms with E-state index in [9.17, 15) is 9.90 Å². The van der Waals surface area contributed by atoms with Crippen molar-refractivity contribution >= 4 is 11.9 Å². The summed E-state index contributed by atoms with van der Waals surface area (Å²) in [5.74, 6) is 0.0657. The first-order valence-corrected chi connectivity index (χ1v) is 5.60. The maximum atomic E-state index is 12.0. The Hall–Kier alpha value is -2.42. The standard InChI is InChI=1S/C15H13NO2/c1-11-10-13(17)6-7-14(11)15(18)8-5-12-4-2-3-9-16-12/h2-10,17H,1H3/b8-5+. The van der Waals surface area contributed by atoms with Crippen molar-refractivity contribution in [1.29, 1.82) is 0 Å². The number of aromatic nitrogens is 1. The summed E-state index contributed by atoms with van der Waals surface area (Å²) in [6.45, 7) is 1.79. The van der Waals surface area contributed by atoms with Gasteiger partial charge in [0.2, 0.25) is 0 Å². The lowest BCUT2D eigenvalue weighted by Gasteiger charge is -2.02. The molecule has 0 aliphatic carbocycles. The van der Waals surface area contributed by atoms with Gasteiger partial charge in [-0.15, -0.1) is 0 Å². The van der Waals surface area contributed by atoms with Crippen molar-refractivity contribution in [3.63, 3.8) is 0 Å². The molecule has 1 aromatic heterocycles. The van der Waals surface area contributed by atoms with Crippen molar-refractivity contribution in [2.75, 3.05) is 0 Å². The number of hydrogen-bond donors (Lipinski definition) is 1. The molecule has 2 rings (SSSR count). The number of aromatic hydroxyl groups is 1. The summed E-state index contributed by atoms with van der Waals surface area (Å²) >= 11 is 0. The summed E-state index contributed by atoms with van der Waals surface area (Å²) in [7, 11) is 0. The van der Waals surface area contributed by atoms with Gasteiger partial charge in [0.1, 0.15) is 5.75 Å². The molecule has 2 aromatic rings. The first-order valence-electron chi connectivity index (χ1n) is 5.60. The van der Waals surface area contributed by atoms with Gasteiger partial charge in [0.25, 0.3) is 0 Å². The molecule has 0 aliphatic heterocycles. The second-order valence-corrected chi connectivity index (χ2v) is 3.95. The SMILES string of the molecule is Cc1cc(O)ccc1C(=O)/C=C/c1ccccn1. The first-order chi connectivity index (χ1) is 8.66. The highest BCUT2D eigenvalue weighted by Crippen LogP contribution is 2.16. The minimum Gasteiger partial charge on any atom is -0.508 e. The van der Waals surface area contributed by atoms with E-state index in [1.807, 2.05) is 18.2 Å². The van der Waals surface area contributed by atoms with Gasteiger partial charge in [-0.25, -0.2) is 0 Å². The van der Waals surface area contributed by atoms with Gasteiger partial charge in [0.05, 0.1) is 5.69 Å². The molecule has 0 amide bonds. The lowest BCUT2D eigenvalue weighted by Crippen LogP contribution is -1.97. The quantitative estimate of drug-likeness (QED) is 0.661. The van der Waals surface area contributed by atoms with Crippen molar-refractivity contribution in [3.8, 4) is 5.75 Å². The van der Waals surface area contributed by atoms with Gasteiger partial charge < -0.3 is 5.11 Å². The molecule has 0 bridgehead atoms. The number of pyridine rings is 1. The Kier molecular flexibility index (Phi) is 3.53. The van der Waals surface area contributed by atoms with E-state index in [0.29, 0.717) is 5.56 Å². The second kappa shape index (κ2) is 5.27. The number of phenolic OH excluding ortho intramolecular Hbond substituents is 1. The number of allylic oxidation sites excluding steroid dienone is 1. The van der Waals surface area contributed by atoms with Gasteiger partial charge in [-0.3, -0.25) is 9.78 Å². The van der Waals surface area contributed by atoms with Crippen molar-refractivity contribution in [1.82, 2.24) is 4.98 Å². The van der Waals surface area contributed by atoms with Crippen LogP contribution >= 0.6 is 0 Å². The van der Waals surface area contributed by atoms with Crippen LogP contribution in [-0.2, 0) is 0 Å². The van der Waals surface area contributed by atoms with Crippen LogP contribution in [0.2, 0.25) is 0 Å². The zero-order valence-corrected chi connectivity index (χ0v) is 10.00. The number of hydrogen-bond acceptors (Lipinski definition) is 3. The van der Waals surface area contributed by atoms with E-state index < -0.39 is 0 Å². The van der Waals surface area contributed by atoms with Gasteiger partial charge in [-0.2, -0.15) is 0 Å².